The van der Waals surface area contributed by atoms with Crippen molar-refractivity contribution in [3.05, 3.63) is 35.9 Å². The Morgan fingerprint density at radius 2 is 1.89 bits per heavy atom. The van der Waals surface area contributed by atoms with Gasteiger partial charge in [0.25, 0.3) is 0 Å². The predicted molar refractivity (Wildman–Crippen MR) is 74.9 cm³/mol. The summed E-state index contributed by atoms with van der Waals surface area (Å²) in [7, 11) is -0.627. The minimum absolute atomic E-state index is 0.193. The highest BCUT2D eigenvalue weighted by molar-refractivity contribution is 7.85. The molecule has 2 unspecified atom stereocenters. The SMILES string of the molecule is CC(CN1CCS(=O)CC1)C(O)c1ccccc1. The summed E-state index contributed by atoms with van der Waals surface area (Å²) in [4.78, 5) is 2.30. The number of aliphatic hydroxyl groups excluding tert-OH is 1. The fraction of sp³-hybridized carbons (Fsp3) is 0.571. The smallest absolute Gasteiger partial charge is 0.0827 e. The zero-order chi connectivity index (χ0) is 13.0. The number of aliphatic hydroxyl groups is 1. The van der Waals surface area contributed by atoms with Gasteiger partial charge in [-0.2, -0.15) is 0 Å². The van der Waals surface area contributed by atoms with E-state index in [1.54, 1.807) is 0 Å². The second-order valence-electron chi connectivity index (χ2n) is 4.98. The van der Waals surface area contributed by atoms with E-state index in [0.717, 1.165) is 36.7 Å². The van der Waals surface area contributed by atoms with Crippen molar-refractivity contribution in [3.63, 3.8) is 0 Å². The van der Waals surface area contributed by atoms with Gasteiger partial charge in [0, 0.05) is 41.9 Å². The third-order valence-electron chi connectivity index (χ3n) is 3.50. The summed E-state index contributed by atoms with van der Waals surface area (Å²) in [5.41, 5.74) is 0.977. The summed E-state index contributed by atoms with van der Waals surface area (Å²) in [6.07, 6.45) is -0.418. The van der Waals surface area contributed by atoms with Gasteiger partial charge in [0.1, 0.15) is 0 Å². The second kappa shape index (κ2) is 6.45. The Labute approximate surface area is 111 Å². The Morgan fingerprint density at radius 1 is 1.28 bits per heavy atom. The summed E-state index contributed by atoms with van der Waals surface area (Å²) < 4.78 is 11.3. The van der Waals surface area contributed by atoms with Gasteiger partial charge in [-0.1, -0.05) is 37.3 Å². The van der Waals surface area contributed by atoms with E-state index >= 15 is 0 Å². The number of rotatable bonds is 4. The van der Waals surface area contributed by atoms with Gasteiger partial charge >= 0.3 is 0 Å². The van der Waals surface area contributed by atoms with Gasteiger partial charge in [-0.05, 0) is 11.5 Å². The lowest BCUT2D eigenvalue weighted by atomic mass is 9.97. The topological polar surface area (TPSA) is 40.5 Å². The third kappa shape index (κ3) is 3.64. The van der Waals surface area contributed by atoms with Crippen molar-refractivity contribution in [1.82, 2.24) is 4.90 Å². The molecule has 0 bridgehead atoms. The largest absolute Gasteiger partial charge is 0.388 e. The van der Waals surface area contributed by atoms with E-state index < -0.39 is 16.9 Å². The number of benzene rings is 1. The van der Waals surface area contributed by atoms with Crippen LogP contribution in [0.5, 0.6) is 0 Å². The molecule has 3 nitrogen and oxygen atoms in total. The Balaban J connectivity index is 1.88. The fourth-order valence-corrected chi connectivity index (χ4v) is 3.47. The molecule has 0 spiro atoms. The molecule has 0 amide bonds. The normalized spacial score (nSPS) is 21.7. The predicted octanol–water partition coefficient (Wildman–Crippen LogP) is 1.42. The molecule has 1 aliphatic rings. The maximum Gasteiger partial charge on any atom is 0.0827 e. The molecular formula is C14H21NO2S. The molecule has 1 saturated heterocycles. The van der Waals surface area contributed by atoms with Gasteiger partial charge in [0.2, 0.25) is 0 Å². The van der Waals surface area contributed by atoms with E-state index in [1.807, 2.05) is 30.3 Å². The van der Waals surface area contributed by atoms with Crippen LogP contribution in [0.2, 0.25) is 0 Å². The molecule has 0 aliphatic carbocycles. The van der Waals surface area contributed by atoms with Gasteiger partial charge in [0.15, 0.2) is 0 Å². The van der Waals surface area contributed by atoms with Crippen LogP contribution in [0.4, 0.5) is 0 Å². The molecule has 0 aromatic heterocycles. The third-order valence-corrected chi connectivity index (χ3v) is 4.77. The lowest BCUT2D eigenvalue weighted by Gasteiger charge is -2.30. The zero-order valence-corrected chi connectivity index (χ0v) is 11.6. The lowest BCUT2D eigenvalue weighted by Crippen LogP contribution is -2.41. The molecule has 100 valence electrons. The Morgan fingerprint density at radius 3 is 2.50 bits per heavy atom. The van der Waals surface area contributed by atoms with E-state index in [1.165, 1.54) is 0 Å². The summed E-state index contributed by atoms with van der Waals surface area (Å²) in [5, 5.41) is 10.3. The van der Waals surface area contributed by atoms with E-state index in [2.05, 4.69) is 11.8 Å². The maximum atomic E-state index is 11.3. The van der Waals surface area contributed by atoms with Crippen molar-refractivity contribution < 1.29 is 9.32 Å². The lowest BCUT2D eigenvalue weighted by molar-refractivity contribution is 0.0908. The maximum absolute atomic E-state index is 11.3. The van der Waals surface area contributed by atoms with Crippen molar-refractivity contribution >= 4 is 10.8 Å². The summed E-state index contributed by atoms with van der Waals surface area (Å²) in [5.74, 6) is 1.74. The minimum Gasteiger partial charge on any atom is -0.388 e. The highest BCUT2D eigenvalue weighted by atomic mass is 32.2. The molecule has 18 heavy (non-hydrogen) atoms. The van der Waals surface area contributed by atoms with Crippen molar-refractivity contribution in [1.29, 1.82) is 0 Å². The van der Waals surface area contributed by atoms with Crippen LogP contribution in [0.25, 0.3) is 0 Å². The number of nitrogens with zero attached hydrogens (tertiary/aromatic N) is 1. The molecule has 1 heterocycles. The molecule has 2 rings (SSSR count). The highest BCUT2D eigenvalue weighted by Crippen LogP contribution is 2.22. The Hall–Kier alpha value is -0.710. The standard InChI is InChI=1S/C14H21NO2S/c1-12(11-15-7-9-18(17)10-8-15)14(16)13-5-3-2-4-6-13/h2-6,12,14,16H,7-11H2,1H3. The van der Waals surface area contributed by atoms with Crippen LogP contribution in [-0.4, -0.2) is 45.4 Å². The van der Waals surface area contributed by atoms with Crippen molar-refractivity contribution in [2.75, 3.05) is 31.1 Å². The first kappa shape index (κ1) is 13.7. The monoisotopic (exact) mass is 267 g/mol. The molecule has 1 N–H and O–H groups in total. The highest BCUT2D eigenvalue weighted by Gasteiger charge is 2.21. The number of hydrogen-bond donors (Lipinski definition) is 1. The molecule has 4 heteroatoms. The average molecular weight is 267 g/mol. The van der Waals surface area contributed by atoms with Crippen molar-refractivity contribution in [3.8, 4) is 0 Å². The average Bonchev–Trinajstić information content (AvgIpc) is 2.41. The molecular weight excluding hydrogens is 246 g/mol. The molecule has 2 atom stereocenters. The Bertz CT molecular complexity index is 386. The van der Waals surface area contributed by atoms with Crippen LogP contribution in [0, 0.1) is 5.92 Å². The van der Waals surface area contributed by atoms with E-state index in [-0.39, 0.29) is 5.92 Å². The molecule has 1 aromatic rings. The molecule has 1 aliphatic heterocycles. The Kier molecular flexibility index (Phi) is 4.92. The quantitative estimate of drug-likeness (QED) is 0.897. The first-order valence-electron chi connectivity index (χ1n) is 6.47. The number of hydrogen-bond acceptors (Lipinski definition) is 3. The molecule has 1 aromatic carbocycles. The molecule has 0 saturated carbocycles. The minimum atomic E-state index is -0.627. The van der Waals surface area contributed by atoms with E-state index in [4.69, 9.17) is 0 Å². The fourth-order valence-electron chi connectivity index (χ4n) is 2.34. The van der Waals surface area contributed by atoms with Crippen LogP contribution in [0.1, 0.15) is 18.6 Å². The molecule has 1 fully saturated rings. The van der Waals surface area contributed by atoms with Crippen LogP contribution in [0.15, 0.2) is 30.3 Å². The van der Waals surface area contributed by atoms with Crippen LogP contribution >= 0.6 is 0 Å². The zero-order valence-electron chi connectivity index (χ0n) is 10.8. The van der Waals surface area contributed by atoms with Crippen LogP contribution < -0.4 is 0 Å². The van der Waals surface area contributed by atoms with Crippen LogP contribution in [0.3, 0.4) is 0 Å². The van der Waals surface area contributed by atoms with Crippen molar-refractivity contribution in [2.24, 2.45) is 5.92 Å². The first-order valence-corrected chi connectivity index (χ1v) is 7.96. The summed E-state index contributed by atoms with van der Waals surface area (Å²) in [6, 6.07) is 9.80. The van der Waals surface area contributed by atoms with Gasteiger partial charge in [-0.3, -0.25) is 4.21 Å². The van der Waals surface area contributed by atoms with Gasteiger partial charge in [-0.25, -0.2) is 0 Å². The summed E-state index contributed by atoms with van der Waals surface area (Å²) in [6.45, 7) is 4.72. The van der Waals surface area contributed by atoms with Crippen LogP contribution in [-0.2, 0) is 10.8 Å². The van der Waals surface area contributed by atoms with E-state index in [9.17, 15) is 9.32 Å². The molecule has 0 radical (unpaired) electrons. The van der Waals surface area contributed by atoms with Gasteiger partial charge in [-0.15, -0.1) is 0 Å². The summed E-state index contributed by atoms with van der Waals surface area (Å²) >= 11 is 0. The van der Waals surface area contributed by atoms with Gasteiger partial charge < -0.3 is 10.0 Å². The second-order valence-corrected chi connectivity index (χ2v) is 6.68. The first-order chi connectivity index (χ1) is 8.66. The van der Waals surface area contributed by atoms with Gasteiger partial charge in [0.05, 0.1) is 6.10 Å². The van der Waals surface area contributed by atoms with E-state index in [0.29, 0.717) is 0 Å². The van der Waals surface area contributed by atoms with Crippen molar-refractivity contribution in [2.45, 2.75) is 13.0 Å².